The van der Waals surface area contributed by atoms with Crippen LogP contribution in [-0.2, 0) is 33.4 Å². The zero-order chi connectivity index (χ0) is 35.5. The molecule has 0 radical (unpaired) electrons. The molecule has 0 aliphatic carbocycles. The first kappa shape index (κ1) is 42.3. The van der Waals surface area contributed by atoms with Gasteiger partial charge in [-0.05, 0) is 32.1 Å². The van der Waals surface area contributed by atoms with Crippen LogP contribution in [0, 0.1) is 17.8 Å². The average molecular weight is 670 g/mol. The van der Waals surface area contributed by atoms with Gasteiger partial charge in [0.2, 0.25) is 17.7 Å². The predicted octanol–water partition coefficient (Wildman–Crippen LogP) is 3.69. The number of ether oxygens (including phenoxy) is 2. The molecule has 0 unspecified atom stereocenters. The van der Waals surface area contributed by atoms with Gasteiger partial charge in [0.15, 0.2) is 6.04 Å². The summed E-state index contributed by atoms with van der Waals surface area (Å²) >= 11 is 0. The van der Waals surface area contributed by atoms with E-state index in [4.69, 9.17) is 9.47 Å². The van der Waals surface area contributed by atoms with Crippen molar-refractivity contribution in [3.05, 3.63) is 0 Å². The molecule has 272 valence electrons. The monoisotopic (exact) mass is 669 g/mol. The Bertz CT molecular complexity index is 974. The van der Waals surface area contributed by atoms with Gasteiger partial charge in [-0.25, -0.2) is 4.79 Å². The molecule has 0 bridgehead atoms. The summed E-state index contributed by atoms with van der Waals surface area (Å²) < 4.78 is 10.9. The molecule has 12 heteroatoms. The Morgan fingerprint density at radius 1 is 0.809 bits per heavy atom. The first-order chi connectivity index (χ1) is 22.2. The standard InChI is InChI=1S/C35H63N3O9/c1-8-9-10-11-12-13-14-15-16-17-18-19-29-23(4)31(41)24(5)32(42)36-27(20-22(2)3)33(43)38-30(25(6)39)34(44)37-28(35(45)47-29)21-46-26(7)40/h22-25,27-31,39,41H,8-21H2,1-7H3,(H,36,42)(H,37,44)(H,38,43)/t23-,24+,25+,27-,28-,29+,30-,31+/m0/s1. The Labute approximate surface area is 281 Å². The second-order valence-electron chi connectivity index (χ2n) is 13.7. The van der Waals surface area contributed by atoms with Gasteiger partial charge in [-0.3, -0.25) is 19.2 Å². The van der Waals surface area contributed by atoms with Gasteiger partial charge in [-0.2, -0.15) is 0 Å². The van der Waals surface area contributed by atoms with Crippen LogP contribution in [0.3, 0.4) is 0 Å². The van der Waals surface area contributed by atoms with E-state index in [1.165, 1.54) is 51.9 Å². The SMILES string of the molecule is CCCCCCCCCCCCC[C@H]1OC(=O)[C@H](COC(C)=O)NC(=O)[C@H]([C@@H](C)O)NC(=O)[C@H](CC(C)C)NC(=O)[C@H](C)[C@H](O)[C@H]1C. The Balaban J connectivity index is 3.21. The van der Waals surface area contributed by atoms with Crippen molar-refractivity contribution in [3.8, 4) is 0 Å². The van der Waals surface area contributed by atoms with E-state index < -0.39 is 84.5 Å². The third-order valence-electron chi connectivity index (χ3n) is 8.87. The number of aliphatic hydroxyl groups excluding tert-OH is 2. The Kier molecular flexibility index (Phi) is 20.5. The van der Waals surface area contributed by atoms with Crippen molar-refractivity contribution in [1.82, 2.24) is 16.0 Å². The van der Waals surface area contributed by atoms with Crippen molar-refractivity contribution in [2.24, 2.45) is 17.8 Å². The normalized spacial score (nSPS) is 27.1. The number of hydrogen-bond acceptors (Lipinski definition) is 9. The Morgan fingerprint density at radius 3 is 1.85 bits per heavy atom. The number of hydrogen-bond donors (Lipinski definition) is 5. The second kappa shape index (κ2) is 22.8. The molecule has 0 spiro atoms. The van der Waals surface area contributed by atoms with E-state index in [-0.39, 0.29) is 12.3 Å². The molecule has 8 atom stereocenters. The highest BCUT2D eigenvalue weighted by Crippen LogP contribution is 2.25. The fourth-order valence-electron chi connectivity index (χ4n) is 5.80. The average Bonchev–Trinajstić information content (AvgIpc) is 3.01. The number of carbonyl (C=O) groups is 5. The Morgan fingerprint density at radius 2 is 1.34 bits per heavy atom. The summed E-state index contributed by atoms with van der Waals surface area (Å²) in [7, 11) is 0. The molecule has 1 aliphatic rings. The maximum Gasteiger partial charge on any atom is 0.332 e. The van der Waals surface area contributed by atoms with Gasteiger partial charge < -0.3 is 35.6 Å². The third kappa shape index (κ3) is 16.3. The number of cyclic esters (lactones) is 1. The minimum atomic E-state index is -1.49. The van der Waals surface area contributed by atoms with Gasteiger partial charge in [0, 0.05) is 12.8 Å². The molecule has 1 saturated heterocycles. The molecule has 0 aromatic carbocycles. The maximum atomic E-state index is 13.5. The van der Waals surface area contributed by atoms with E-state index in [0.29, 0.717) is 12.8 Å². The van der Waals surface area contributed by atoms with Crippen LogP contribution >= 0.6 is 0 Å². The summed E-state index contributed by atoms with van der Waals surface area (Å²) in [4.78, 5) is 65.0. The van der Waals surface area contributed by atoms with Gasteiger partial charge in [0.1, 0.15) is 24.8 Å². The van der Waals surface area contributed by atoms with E-state index in [2.05, 4.69) is 22.9 Å². The smallest absolute Gasteiger partial charge is 0.332 e. The molecule has 1 heterocycles. The largest absolute Gasteiger partial charge is 0.463 e. The topological polar surface area (TPSA) is 180 Å². The zero-order valence-electron chi connectivity index (χ0n) is 29.8. The van der Waals surface area contributed by atoms with Crippen LogP contribution in [0.2, 0.25) is 0 Å². The van der Waals surface area contributed by atoms with Crippen molar-refractivity contribution >= 4 is 29.7 Å². The van der Waals surface area contributed by atoms with Crippen LogP contribution in [0.15, 0.2) is 0 Å². The number of esters is 2. The van der Waals surface area contributed by atoms with Crippen molar-refractivity contribution < 1.29 is 43.7 Å². The van der Waals surface area contributed by atoms with Crippen molar-refractivity contribution in [1.29, 1.82) is 0 Å². The molecule has 1 rings (SSSR count). The lowest BCUT2D eigenvalue weighted by Gasteiger charge is -2.32. The Hall–Kier alpha value is -2.73. The van der Waals surface area contributed by atoms with Gasteiger partial charge in [0.05, 0.1) is 18.1 Å². The van der Waals surface area contributed by atoms with Crippen molar-refractivity contribution in [2.45, 2.75) is 168 Å². The summed E-state index contributed by atoms with van der Waals surface area (Å²) in [5.41, 5.74) is 0. The molecule has 1 aliphatic heterocycles. The van der Waals surface area contributed by atoms with Crippen molar-refractivity contribution in [2.75, 3.05) is 6.61 Å². The fourth-order valence-corrected chi connectivity index (χ4v) is 5.80. The van der Waals surface area contributed by atoms with Crippen LogP contribution in [0.4, 0.5) is 0 Å². The van der Waals surface area contributed by atoms with E-state index >= 15 is 0 Å². The fraction of sp³-hybridized carbons (Fsp3) is 0.857. The maximum absolute atomic E-state index is 13.5. The highest BCUT2D eigenvalue weighted by Gasteiger charge is 2.39. The third-order valence-corrected chi connectivity index (χ3v) is 8.87. The summed E-state index contributed by atoms with van der Waals surface area (Å²) in [5.74, 6) is -5.39. The molecule has 47 heavy (non-hydrogen) atoms. The molecular weight excluding hydrogens is 606 g/mol. The lowest BCUT2D eigenvalue weighted by Crippen LogP contribution is -2.60. The van der Waals surface area contributed by atoms with Gasteiger partial charge >= 0.3 is 11.9 Å². The van der Waals surface area contributed by atoms with E-state index in [1.807, 2.05) is 13.8 Å². The lowest BCUT2D eigenvalue weighted by molar-refractivity contribution is -0.162. The molecule has 0 saturated carbocycles. The van der Waals surface area contributed by atoms with Gasteiger partial charge in [-0.15, -0.1) is 0 Å². The molecule has 12 nitrogen and oxygen atoms in total. The van der Waals surface area contributed by atoms with Crippen LogP contribution in [0.25, 0.3) is 0 Å². The zero-order valence-corrected chi connectivity index (χ0v) is 29.8. The number of aliphatic hydroxyl groups is 2. The quantitative estimate of drug-likeness (QED) is 0.114. The first-order valence-electron chi connectivity index (χ1n) is 17.8. The van der Waals surface area contributed by atoms with Crippen molar-refractivity contribution in [3.63, 3.8) is 0 Å². The number of rotatable bonds is 17. The number of nitrogens with one attached hydrogen (secondary N) is 3. The summed E-state index contributed by atoms with van der Waals surface area (Å²) in [6.07, 6.45) is 9.74. The molecular formula is C35H63N3O9. The highest BCUT2D eigenvalue weighted by atomic mass is 16.6. The predicted molar refractivity (Wildman–Crippen MR) is 179 cm³/mol. The number of carbonyl (C=O) groups excluding carboxylic acids is 5. The first-order valence-corrected chi connectivity index (χ1v) is 17.8. The van der Waals surface area contributed by atoms with Crippen LogP contribution in [0.1, 0.15) is 132 Å². The lowest BCUT2D eigenvalue weighted by atomic mass is 9.86. The van der Waals surface area contributed by atoms with Crippen LogP contribution in [-0.4, -0.2) is 82.9 Å². The summed E-state index contributed by atoms with van der Waals surface area (Å²) in [6.45, 7) is 11.1. The summed E-state index contributed by atoms with van der Waals surface area (Å²) in [6, 6.07) is -3.98. The number of unbranched alkanes of at least 4 members (excludes halogenated alkanes) is 10. The minimum absolute atomic E-state index is 0.0135. The molecule has 3 amide bonds. The van der Waals surface area contributed by atoms with Crippen LogP contribution < -0.4 is 16.0 Å². The van der Waals surface area contributed by atoms with E-state index in [1.54, 1.807) is 13.8 Å². The highest BCUT2D eigenvalue weighted by molar-refractivity contribution is 5.94. The molecule has 0 aromatic heterocycles. The second-order valence-corrected chi connectivity index (χ2v) is 13.7. The van der Waals surface area contributed by atoms with E-state index in [9.17, 15) is 34.2 Å². The summed E-state index contributed by atoms with van der Waals surface area (Å²) in [5, 5.41) is 29.4. The van der Waals surface area contributed by atoms with Gasteiger partial charge in [-0.1, -0.05) is 98.8 Å². The molecule has 5 N–H and O–H groups in total. The van der Waals surface area contributed by atoms with E-state index in [0.717, 1.165) is 26.2 Å². The molecule has 1 fully saturated rings. The van der Waals surface area contributed by atoms with Gasteiger partial charge in [0.25, 0.3) is 0 Å². The number of amides is 3. The minimum Gasteiger partial charge on any atom is -0.463 e. The molecule has 0 aromatic rings. The van der Waals surface area contributed by atoms with Crippen LogP contribution in [0.5, 0.6) is 0 Å².